The second-order valence-corrected chi connectivity index (χ2v) is 5.54. The van der Waals surface area contributed by atoms with E-state index in [0.717, 1.165) is 6.07 Å². The molecule has 0 spiro atoms. The predicted octanol–water partition coefficient (Wildman–Crippen LogP) is 3.13. The third-order valence-corrected chi connectivity index (χ3v) is 4.08. The molecule has 0 radical (unpaired) electrons. The van der Waals surface area contributed by atoms with Crippen molar-refractivity contribution in [3.8, 4) is 0 Å². The largest absolute Gasteiger partial charge is 0.478 e. The highest BCUT2D eigenvalue weighted by Gasteiger charge is 2.21. The Morgan fingerprint density at radius 1 is 0.875 bits per heavy atom. The standard InChI is InChI=1S/C17H15F3N2O2/c18-11-1-4-16(15(20)9-11)22-7-5-21(6-8-22)12-2-3-13(17(23)24)14(19)10-12/h1-4,9-10H,5-8H2,(H,23,24). The van der Waals surface area contributed by atoms with Crippen LogP contribution >= 0.6 is 0 Å². The number of rotatable bonds is 3. The van der Waals surface area contributed by atoms with E-state index in [1.54, 1.807) is 11.0 Å². The number of hydrogen-bond donors (Lipinski definition) is 1. The van der Waals surface area contributed by atoms with E-state index in [1.807, 2.05) is 4.90 Å². The van der Waals surface area contributed by atoms with E-state index >= 15 is 0 Å². The molecule has 1 fully saturated rings. The number of carboxylic acid groups (broad SMARTS) is 1. The molecular formula is C17H15F3N2O2. The van der Waals surface area contributed by atoms with Crippen molar-refractivity contribution in [1.82, 2.24) is 0 Å². The van der Waals surface area contributed by atoms with Gasteiger partial charge in [-0.3, -0.25) is 0 Å². The molecule has 2 aromatic carbocycles. The van der Waals surface area contributed by atoms with E-state index in [1.165, 1.54) is 24.3 Å². The van der Waals surface area contributed by atoms with Crippen molar-refractivity contribution in [3.05, 3.63) is 59.4 Å². The van der Waals surface area contributed by atoms with Gasteiger partial charge in [0.1, 0.15) is 17.5 Å². The number of piperazine rings is 1. The Kier molecular flexibility index (Phi) is 4.33. The lowest BCUT2D eigenvalue weighted by atomic mass is 10.1. The van der Waals surface area contributed by atoms with E-state index in [9.17, 15) is 18.0 Å². The van der Waals surface area contributed by atoms with Gasteiger partial charge in [-0.1, -0.05) is 0 Å². The number of halogens is 3. The number of benzene rings is 2. The van der Waals surface area contributed by atoms with E-state index in [4.69, 9.17) is 5.11 Å². The molecule has 0 atom stereocenters. The first-order valence-electron chi connectivity index (χ1n) is 7.43. The molecule has 2 aromatic rings. The van der Waals surface area contributed by atoms with Gasteiger partial charge in [0.25, 0.3) is 0 Å². The number of carbonyl (C=O) groups is 1. The fourth-order valence-electron chi connectivity index (χ4n) is 2.82. The van der Waals surface area contributed by atoms with Gasteiger partial charge >= 0.3 is 5.97 Å². The summed E-state index contributed by atoms with van der Waals surface area (Å²) in [6.07, 6.45) is 0. The van der Waals surface area contributed by atoms with Crippen LogP contribution in [-0.2, 0) is 0 Å². The minimum absolute atomic E-state index is 0.337. The Hall–Kier alpha value is -2.70. The normalized spacial score (nSPS) is 14.8. The minimum Gasteiger partial charge on any atom is -0.478 e. The first kappa shape index (κ1) is 16.2. The van der Waals surface area contributed by atoms with Gasteiger partial charge in [0, 0.05) is 37.9 Å². The zero-order valence-corrected chi connectivity index (χ0v) is 12.7. The van der Waals surface area contributed by atoms with Crippen LogP contribution in [0.5, 0.6) is 0 Å². The van der Waals surface area contributed by atoms with Crippen molar-refractivity contribution >= 4 is 17.3 Å². The Morgan fingerprint density at radius 2 is 1.54 bits per heavy atom. The van der Waals surface area contributed by atoms with Crippen LogP contribution in [0.3, 0.4) is 0 Å². The van der Waals surface area contributed by atoms with Gasteiger partial charge in [-0.15, -0.1) is 0 Å². The van der Waals surface area contributed by atoms with Gasteiger partial charge in [-0.2, -0.15) is 0 Å². The third kappa shape index (κ3) is 3.15. The third-order valence-electron chi connectivity index (χ3n) is 4.08. The van der Waals surface area contributed by atoms with Crippen molar-refractivity contribution in [2.45, 2.75) is 0 Å². The lowest BCUT2D eigenvalue weighted by Gasteiger charge is -2.37. The molecular weight excluding hydrogens is 321 g/mol. The average molecular weight is 336 g/mol. The molecule has 7 heteroatoms. The SMILES string of the molecule is O=C(O)c1ccc(N2CCN(c3ccc(F)cc3F)CC2)cc1F. The summed E-state index contributed by atoms with van der Waals surface area (Å²) in [6.45, 7) is 2.01. The van der Waals surface area contributed by atoms with E-state index in [-0.39, 0.29) is 5.56 Å². The van der Waals surface area contributed by atoms with E-state index in [2.05, 4.69) is 0 Å². The summed E-state index contributed by atoms with van der Waals surface area (Å²) in [5, 5.41) is 8.85. The average Bonchev–Trinajstić information content (AvgIpc) is 2.54. The van der Waals surface area contributed by atoms with Crippen molar-refractivity contribution in [2.75, 3.05) is 36.0 Å². The Morgan fingerprint density at radius 3 is 2.12 bits per heavy atom. The Labute approximate surface area is 136 Å². The van der Waals surface area contributed by atoms with Crippen LogP contribution in [0.4, 0.5) is 24.5 Å². The quantitative estimate of drug-likeness (QED) is 0.935. The Bertz CT molecular complexity index is 774. The van der Waals surface area contributed by atoms with E-state index < -0.39 is 23.4 Å². The maximum absolute atomic E-state index is 13.8. The van der Waals surface area contributed by atoms with Crippen LogP contribution in [0.1, 0.15) is 10.4 Å². The molecule has 1 heterocycles. The molecule has 0 saturated carbocycles. The second-order valence-electron chi connectivity index (χ2n) is 5.54. The van der Waals surface area contributed by atoms with Crippen molar-refractivity contribution in [3.63, 3.8) is 0 Å². The van der Waals surface area contributed by atoms with Crippen LogP contribution in [0.25, 0.3) is 0 Å². The smallest absolute Gasteiger partial charge is 0.338 e. The molecule has 0 aliphatic carbocycles. The molecule has 126 valence electrons. The summed E-state index contributed by atoms with van der Waals surface area (Å²) in [4.78, 5) is 14.5. The number of carboxylic acids is 1. The fourth-order valence-corrected chi connectivity index (χ4v) is 2.82. The molecule has 3 rings (SSSR count). The van der Waals surface area contributed by atoms with Gasteiger partial charge in [0.05, 0.1) is 11.3 Å². The molecule has 1 aliphatic rings. The van der Waals surface area contributed by atoms with Crippen molar-refractivity contribution in [1.29, 1.82) is 0 Å². The number of anilines is 2. The highest BCUT2D eigenvalue weighted by Crippen LogP contribution is 2.24. The topological polar surface area (TPSA) is 43.8 Å². The van der Waals surface area contributed by atoms with Crippen LogP contribution in [0, 0.1) is 17.5 Å². The van der Waals surface area contributed by atoms with Gasteiger partial charge in [0.2, 0.25) is 0 Å². The highest BCUT2D eigenvalue weighted by atomic mass is 19.1. The molecule has 1 saturated heterocycles. The molecule has 0 unspecified atom stereocenters. The summed E-state index contributed by atoms with van der Waals surface area (Å²) < 4.78 is 40.6. The van der Waals surface area contributed by atoms with Crippen LogP contribution < -0.4 is 9.80 Å². The minimum atomic E-state index is -1.31. The maximum atomic E-state index is 13.8. The number of aromatic carboxylic acids is 1. The zero-order chi connectivity index (χ0) is 17.3. The second kappa shape index (κ2) is 6.43. The first-order chi connectivity index (χ1) is 11.5. The lowest BCUT2D eigenvalue weighted by molar-refractivity contribution is 0.0692. The zero-order valence-electron chi connectivity index (χ0n) is 12.7. The number of hydrogen-bond acceptors (Lipinski definition) is 3. The van der Waals surface area contributed by atoms with Gasteiger partial charge in [-0.05, 0) is 30.3 Å². The molecule has 0 amide bonds. The summed E-state index contributed by atoms with van der Waals surface area (Å²) in [7, 11) is 0. The lowest BCUT2D eigenvalue weighted by Crippen LogP contribution is -2.46. The molecule has 0 aromatic heterocycles. The monoisotopic (exact) mass is 336 g/mol. The molecule has 1 N–H and O–H groups in total. The summed E-state index contributed by atoms with van der Waals surface area (Å²) >= 11 is 0. The maximum Gasteiger partial charge on any atom is 0.338 e. The fraction of sp³-hybridized carbons (Fsp3) is 0.235. The summed E-state index contributed by atoms with van der Waals surface area (Å²) in [6, 6.07) is 7.45. The van der Waals surface area contributed by atoms with Gasteiger partial charge < -0.3 is 14.9 Å². The highest BCUT2D eigenvalue weighted by molar-refractivity contribution is 5.88. The van der Waals surface area contributed by atoms with Gasteiger partial charge in [0.15, 0.2) is 0 Å². The Balaban J connectivity index is 1.71. The van der Waals surface area contributed by atoms with Crippen molar-refractivity contribution < 1.29 is 23.1 Å². The van der Waals surface area contributed by atoms with Gasteiger partial charge in [-0.25, -0.2) is 18.0 Å². The van der Waals surface area contributed by atoms with Crippen molar-refractivity contribution in [2.24, 2.45) is 0 Å². The summed E-state index contributed by atoms with van der Waals surface area (Å²) in [5.41, 5.74) is 0.547. The molecule has 24 heavy (non-hydrogen) atoms. The molecule has 4 nitrogen and oxygen atoms in total. The molecule has 1 aliphatic heterocycles. The van der Waals surface area contributed by atoms with Crippen LogP contribution in [0.15, 0.2) is 36.4 Å². The van der Waals surface area contributed by atoms with E-state index in [0.29, 0.717) is 37.6 Å². The van der Waals surface area contributed by atoms with Crippen LogP contribution in [0.2, 0.25) is 0 Å². The summed E-state index contributed by atoms with van der Waals surface area (Å²) in [5.74, 6) is -3.33. The van der Waals surface area contributed by atoms with Crippen LogP contribution in [-0.4, -0.2) is 37.3 Å². The number of nitrogens with zero attached hydrogens (tertiary/aromatic N) is 2. The molecule has 0 bridgehead atoms. The predicted molar refractivity (Wildman–Crippen MR) is 84.1 cm³/mol. The first-order valence-corrected chi connectivity index (χ1v) is 7.43.